The molecule has 3 aromatic rings. The van der Waals surface area contributed by atoms with Crippen molar-refractivity contribution in [3.63, 3.8) is 0 Å². The fourth-order valence-electron chi connectivity index (χ4n) is 3.10. The average molecular weight is 431 g/mol. The average Bonchev–Trinajstić information content (AvgIpc) is 2.83. The van der Waals surface area contributed by atoms with E-state index in [1.54, 1.807) is 31.4 Å². The molecule has 0 aliphatic carbocycles. The first kappa shape index (κ1) is 22.6. The summed E-state index contributed by atoms with van der Waals surface area (Å²) in [5.74, 6) is 0.124. The molecule has 0 atom stereocenters. The normalized spacial score (nSPS) is 10.6. The highest BCUT2D eigenvalue weighted by atomic mass is 16.5. The molecule has 0 saturated carbocycles. The van der Waals surface area contributed by atoms with E-state index in [0.717, 1.165) is 16.7 Å². The number of carbonyl (C=O) groups excluding carboxylic acids is 2. The lowest BCUT2D eigenvalue weighted by Gasteiger charge is -2.11. The fourth-order valence-corrected chi connectivity index (χ4v) is 3.10. The molecule has 0 spiro atoms. The summed E-state index contributed by atoms with van der Waals surface area (Å²) in [4.78, 5) is 24.3. The molecule has 0 saturated heterocycles. The van der Waals surface area contributed by atoms with Crippen LogP contribution in [0, 0.1) is 0 Å². The molecule has 0 aromatic heterocycles. The van der Waals surface area contributed by atoms with Crippen LogP contribution < -0.4 is 14.8 Å². The first-order valence-corrected chi connectivity index (χ1v) is 10.1. The molecule has 3 aromatic carbocycles. The van der Waals surface area contributed by atoms with Crippen LogP contribution in [0.1, 0.15) is 16.7 Å². The molecule has 3 rings (SSSR count). The Hall–Kier alpha value is -4.06. The van der Waals surface area contributed by atoms with Crippen molar-refractivity contribution in [3.05, 3.63) is 95.6 Å². The van der Waals surface area contributed by atoms with E-state index in [-0.39, 0.29) is 6.61 Å². The lowest BCUT2D eigenvalue weighted by Crippen LogP contribution is -2.20. The van der Waals surface area contributed by atoms with Gasteiger partial charge in [0.05, 0.1) is 14.2 Å². The van der Waals surface area contributed by atoms with E-state index in [2.05, 4.69) is 5.32 Å². The van der Waals surface area contributed by atoms with Gasteiger partial charge in [-0.3, -0.25) is 4.79 Å². The topological polar surface area (TPSA) is 73.9 Å². The summed E-state index contributed by atoms with van der Waals surface area (Å²) in [6.45, 7) is -0.380. The third-order valence-corrected chi connectivity index (χ3v) is 4.69. The zero-order valence-electron chi connectivity index (χ0n) is 18.0. The number of para-hydroxylation sites is 1. The fraction of sp³-hybridized carbons (Fsp3) is 0.154. The summed E-state index contributed by atoms with van der Waals surface area (Å²) in [6, 6.07) is 22.8. The highest BCUT2D eigenvalue weighted by Crippen LogP contribution is 2.28. The molecule has 32 heavy (non-hydrogen) atoms. The Kier molecular flexibility index (Phi) is 8.03. The molecule has 0 fully saturated rings. The van der Waals surface area contributed by atoms with Crippen LogP contribution in [-0.4, -0.2) is 32.7 Å². The van der Waals surface area contributed by atoms with Crippen molar-refractivity contribution >= 4 is 23.6 Å². The van der Waals surface area contributed by atoms with Gasteiger partial charge in [0.25, 0.3) is 5.91 Å². The minimum Gasteiger partial charge on any atom is -0.493 e. The van der Waals surface area contributed by atoms with Gasteiger partial charge in [-0.15, -0.1) is 0 Å². The van der Waals surface area contributed by atoms with Crippen molar-refractivity contribution in [1.82, 2.24) is 0 Å². The molecule has 0 aliphatic heterocycles. The third-order valence-electron chi connectivity index (χ3n) is 4.69. The SMILES string of the molecule is COc1ccc(/C=C/C(=O)OCC(=O)Nc2ccccc2Cc2ccccc2)cc1OC. The Morgan fingerprint density at radius 1 is 0.875 bits per heavy atom. The maximum atomic E-state index is 12.3. The Bertz CT molecular complexity index is 1090. The number of hydrogen-bond acceptors (Lipinski definition) is 5. The van der Waals surface area contributed by atoms with Crippen LogP contribution in [0.3, 0.4) is 0 Å². The highest BCUT2D eigenvalue weighted by Gasteiger charge is 2.09. The van der Waals surface area contributed by atoms with Crippen LogP contribution >= 0.6 is 0 Å². The Morgan fingerprint density at radius 2 is 1.59 bits per heavy atom. The Balaban J connectivity index is 1.54. The van der Waals surface area contributed by atoms with Gasteiger partial charge < -0.3 is 19.5 Å². The summed E-state index contributed by atoms with van der Waals surface area (Å²) in [5.41, 5.74) is 3.55. The maximum Gasteiger partial charge on any atom is 0.331 e. The Labute approximate surface area is 187 Å². The predicted octanol–water partition coefficient (Wildman–Crippen LogP) is 4.49. The van der Waals surface area contributed by atoms with E-state index < -0.39 is 11.9 Å². The Morgan fingerprint density at radius 3 is 2.34 bits per heavy atom. The van der Waals surface area contributed by atoms with Crippen molar-refractivity contribution in [2.75, 3.05) is 26.1 Å². The van der Waals surface area contributed by atoms with Gasteiger partial charge in [-0.1, -0.05) is 54.6 Å². The first-order valence-electron chi connectivity index (χ1n) is 10.1. The molecule has 0 radical (unpaired) electrons. The number of esters is 1. The molecular weight excluding hydrogens is 406 g/mol. The molecule has 0 bridgehead atoms. The van der Waals surface area contributed by atoms with Gasteiger partial charge in [0.1, 0.15) is 0 Å². The lowest BCUT2D eigenvalue weighted by atomic mass is 10.0. The molecule has 1 amide bonds. The molecule has 1 N–H and O–H groups in total. The smallest absolute Gasteiger partial charge is 0.331 e. The lowest BCUT2D eigenvalue weighted by molar-refractivity contribution is -0.142. The van der Waals surface area contributed by atoms with E-state index in [1.807, 2.05) is 54.6 Å². The van der Waals surface area contributed by atoms with Crippen molar-refractivity contribution < 1.29 is 23.8 Å². The summed E-state index contributed by atoms with van der Waals surface area (Å²) in [5, 5.41) is 2.82. The summed E-state index contributed by atoms with van der Waals surface area (Å²) < 4.78 is 15.5. The molecule has 6 heteroatoms. The summed E-state index contributed by atoms with van der Waals surface area (Å²) >= 11 is 0. The van der Waals surface area contributed by atoms with Gasteiger partial charge in [-0.2, -0.15) is 0 Å². The molecule has 6 nitrogen and oxygen atoms in total. The van der Waals surface area contributed by atoms with Gasteiger partial charge in [-0.05, 0) is 47.4 Å². The number of anilines is 1. The van der Waals surface area contributed by atoms with Crippen molar-refractivity contribution in [3.8, 4) is 11.5 Å². The molecule has 0 unspecified atom stereocenters. The van der Waals surface area contributed by atoms with Crippen LogP contribution in [-0.2, 0) is 20.7 Å². The highest BCUT2D eigenvalue weighted by molar-refractivity contribution is 5.95. The number of rotatable bonds is 9. The second-order valence-electron chi connectivity index (χ2n) is 6.92. The molecular formula is C26H25NO5. The summed E-state index contributed by atoms with van der Waals surface area (Å²) in [7, 11) is 3.09. The van der Waals surface area contributed by atoms with Crippen molar-refractivity contribution in [2.45, 2.75) is 6.42 Å². The van der Waals surface area contributed by atoms with Crippen LogP contribution in [0.5, 0.6) is 11.5 Å². The second-order valence-corrected chi connectivity index (χ2v) is 6.92. The number of hydrogen-bond donors (Lipinski definition) is 1. The van der Waals surface area contributed by atoms with Gasteiger partial charge in [-0.25, -0.2) is 4.79 Å². The largest absolute Gasteiger partial charge is 0.493 e. The van der Waals surface area contributed by atoms with E-state index in [1.165, 1.54) is 13.2 Å². The summed E-state index contributed by atoms with van der Waals surface area (Å²) in [6.07, 6.45) is 3.53. The van der Waals surface area contributed by atoms with E-state index in [0.29, 0.717) is 23.6 Å². The van der Waals surface area contributed by atoms with Crippen LogP contribution in [0.2, 0.25) is 0 Å². The number of ether oxygens (including phenoxy) is 3. The van der Waals surface area contributed by atoms with E-state index in [4.69, 9.17) is 14.2 Å². The maximum absolute atomic E-state index is 12.3. The van der Waals surface area contributed by atoms with Crippen molar-refractivity contribution in [2.24, 2.45) is 0 Å². The number of nitrogens with one attached hydrogen (secondary N) is 1. The van der Waals surface area contributed by atoms with Gasteiger partial charge in [0, 0.05) is 11.8 Å². The van der Waals surface area contributed by atoms with E-state index in [9.17, 15) is 9.59 Å². The molecule has 164 valence electrons. The standard InChI is InChI=1S/C26H25NO5/c1-30-23-14-12-20(17-24(23)31-2)13-15-26(29)32-18-25(28)27-22-11-7-6-10-21(22)16-19-8-4-3-5-9-19/h3-15,17H,16,18H2,1-2H3,(H,27,28)/b15-13+. The first-order chi connectivity index (χ1) is 15.6. The van der Waals surface area contributed by atoms with Gasteiger partial charge in [0.15, 0.2) is 18.1 Å². The number of benzene rings is 3. The monoisotopic (exact) mass is 431 g/mol. The van der Waals surface area contributed by atoms with Crippen LogP contribution in [0.15, 0.2) is 78.9 Å². The predicted molar refractivity (Wildman–Crippen MR) is 124 cm³/mol. The molecule has 0 aliphatic rings. The van der Waals surface area contributed by atoms with Gasteiger partial charge in [0.2, 0.25) is 0 Å². The van der Waals surface area contributed by atoms with E-state index >= 15 is 0 Å². The second kappa shape index (κ2) is 11.4. The minimum absolute atomic E-state index is 0.380. The van der Waals surface area contributed by atoms with Crippen LogP contribution in [0.4, 0.5) is 5.69 Å². The minimum atomic E-state index is -0.618. The number of carbonyl (C=O) groups is 2. The number of amides is 1. The third kappa shape index (κ3) is 6.47. The quantitative estimate of drug-likeness (QED) is 0.399. The zero-order valence-corrected chi connectivity index (χ0v) is 18.0. The zero-order chi connectivity index (χ0) is 22.8. The van der Waals surface area contributed by atoms with Gasteiger partial charge >= 0.3 is 5.97 Å². The molecule has 0 heterocycles. The van der Waals surface area contributed by atoms with Crippen LogP contribution in [0.25, 0.3) is 6.08 Å². The van der Waals surface area contributed by atoms with Crippen molar-refractivity contribution in [1.29, 1.82) is 0 Å². The number of methoxy groups -OCH3 is 2.